The van der Waals surface area contributed by atoms with E-state index in [0.29, 0.717) is 18.7 Å². The Hall–Kier alpha value is -2.66. The van der Waals surface area contributed by atoms with Gasteiger partial charge in [-0.2, -0.15) is 0 Å². The summed E-state index contributed by atoms with van der Waals surface area (Å²) >= 11 is 0. The minimum absolute atomic E-state index is 0.0567. The van der Waals surface area contributed by atoms with Gasteiger partial charge in [0.05, 0.1) is 17.4 Å². The van der Waals surface area contributed by atoms with Crippen molar-refractivity contribution < 1.29 is 9.90 Å². The van der Waals surface area contributed by atoms with Gasteiger partial charge in [0, 0.05) is 25.3 Å². The Morgan fingerprint density at radius 2 is 1.93 bits per heavy atom. The van der Waals surface area contributed by atoms with E-state index in [1.165, 1.54) is 5.56 Å². The van der Waals surface area contributed by atoms with E-state index in [4.69, 9.17) is 0 Å². The quantitative estimate of drug-likeness (QED) is 0.686. The Morgan fingerprint density at radius 3 is 2.68 bits per heavy atom. The molecule has 2 heterocycles. The third-order valence-corrected chi connectivity index (χ3v) is 6.13. The summed E-state index contributed by atoms with van der Waals surface area (Å²) in [7, 11) is 0. The first kappa shape index (κ1) is 18.7. The third-order valence-electron chi connectivity index (χ3n) is 6.13. The van der Waals surface area contributed by atoms with Gasteiger partial charge in [0.15, 0.2) is 0 Å². The lowest BCUT2D eigenvalue weighted by Gasteiger charge is -2.41. The van der Waals surface area contributed by atoms with Crippen molar-refractivity contribution in [1.29, 1.82) is 0 Å². The summed E-state index contributed by atoms with van der Waals surface area (Å²) in [5, 5.41) is 10.1. The molecule has 0 radical (unpaired) electrons. The number of hydrogen-bond acceptors (Lipinski definition) is 3. The van der Waals surface area contributed by atoms with Gasteiger partial charge < -0.3 is 15.0 Å². The number of aryl methyl sites for hydroxylation is 1. The molecule has 1 aliphatic rings. The number of rotatable bonds is 6. The molecule has 0 bridgehead atoms. The number of likely N-dealkylation sites (tertiary alicyclic amines) is 1. The molecule has 0 aliphatic carbocycles. The predicted octanol–water partition coefficient (Wildman–Crippen LogP) is 3.80. The highest BCUT2D eigenvalue weighted by Gasteiger charge is 2.35. The van der Waals surface area contributed by atoms with Gasteiger partial charge in [-0.3, -0.25) is 4.79 Å². The lowest BCUT2D eigenvalue weighted by atomic mass is 9.75. The molecule has 2 N–H and O–H groups in total. The highest BCUT2D eigenvalue weighted by atomic mass is 16.3. The van der Waals surface area contributed by atoms with E-state index in [1.54, 1.807) is 6.33 Å². The molecule has 2 aromatic carbocycles. The number of benzene rings is 2. The largest absolute Gasteiger partial charge is 0.396 e. The highest BCUT2D eigenvalue weighted by Crippen LogP contribution is 2.36. The van der Waals surface area contributed by atoms with Gasteiger partial charge in [-0.25, -0.2) is 4.98 Å². The van der Waals surface area contributed by atoms with Crippen LogP contribution in [0.15, 0.2) is 54.9 Å². The lowest BCUT2D eigenvalue weighted by Crippen LogP contribution is -2.44. The first-order chi connectivity index (χ1) is 13.7. The van der Waals surface area contributed by atoms with Gasteiger partial charge in [-0.15, -0.1) is 0 Å². The number of aromatic nitrogens is 2. The number of hydrogen-bond donors (Lipinski definition) is 2. The van der Waals surface area contributed by atoms with Crippen molar-refractivity contribution >= 4 is 16.9 Å². The molecule has 1 fully saturated rings. The number of aromatic amines is 1. The van der Waals surface area contributed by atoms with Crippen LogP contribution in [0.4, 0.5) is 0 Å². The van der Waals surface area contributed by atoms with Gasteiger partial charge >= 0.3 is 0 Å². The number of aliphatic hydroxyl groups is 1. The second-order valence-electron chi connectivity index (χ2n) is 7.92. The number of nitrogens with one attached hydrogen (secondary N) is 1. The van der Waals surface area contributed by atoms with E-state index in [2.05, 4.69) is 34.2 Å². The highest BCUT2D eigenvalue weighted by molar-refractivity contribution is 5.97. The van der Waals surface area contributed by atoms with Crippen LogP contribution in [0, 0.1) is 5.41 Å². The average molecular weight is 377 g/mol. The van der Waals surface area contributed by atoms with E-state index in [1.807, 2.05) is 29.2 Å². The topological polar surface area (TPSA) is 69.2 Å². The Morgan fingerprint density at radius 1 is 1.14 bits per heavy atom. The standard InChI is InChI=1S/C23H27N3O2/c27-16-23(10-4-7-18-5-2-1-3-6-18)11-13-26(14-12-23)22(28)19-8-9-20-21(15-19)25-17-24-20/h1-3,5-6,8-9,15,17,27H,4,7,10-14,16H2,(H,24,25). The van der Waals surface area contributed by atoms with Crippen molar-refractivity contribution in [3.8, 4) is 0 Å². The molecule has 146 valence electrons. The monoisotopic (exact) mass is 377 g/mol. The van der Waals surface area contributed by atoms with Gasteiger partial charge in [0.25, 0.3) is 5.91 Å². The molecule has 1 aliphatic heterocycles. The zero-order valence-electron chi connectivity index (χ0n) is 16.1. The van der Waals surface area contributed by atoms with Crippen LogP contribution in [0.25, 0.3) is 11.0 Å². The Bertz CT molecular complexity index is 927. The molecule has 1 aromatic heterocycles. The van der Waals surface area contributed by atoms with Gasteiger partial charge in [-0.05, 0) is 61.3 Å². The summed E-state index contributed by atoms with van der Waals surface area (Å²) in [5.41, 5.74) is 3.73. The van der Waals surface area contributed by atoms with Crippen LogP contribution in [0.3, 0.4) is 0 Å². The summed E-state index contributed by atoms with van der Waals surface area (Å²) in [6.07, 6.45) is 6.46. The first-order valence-corrected chi connectivity index (χ1v) is 10.1. The maximum absolute atomic E-state index is 12.9. The molecular formula is C23H27N3O2. The third kappa shape index (κ3) is 3.94. The minimum atomic E-state index is -0.0567. The molecule has 5 nitrogen and oxygen atoms in total. The number of piperidine rings is 1. The zero-order chi connectivity index (χ0) is 19.4. The predicted molar refractivity (Wildman–Crippen MR) is 110 cm³/mol. The summed E-state index contributed by atoms with van der Waals surface area (Å²) in [5.74, 6) is 0.0623. The Kier molecular flexibility index (Phi) is 5.44. The molecule has 1 saturated heterocycles. The van der Waals surface area contributed by atoms with Crippen LogP contribution < -0.4 is 0 Å². The van der Waals surface area contributed by atoms with Crippen molar-refractivity contribution in [3.05, 3.63) is 66.0 Å². The fourth-order valence-electron chi connectivity index (χ4n) is 4.23. The van der Waals surface area contributed by atoms with Crippen molar-refractivity contribution in [3.63, 3.8) is 0 Å². The first-order valence-electron chi connectivity index (χ1n) is 10.1. The number of H-pyrrole nitrogens is 1. The second-order valence-corrected chi connectivity index (χ2v) is 7.92. The molecule has 0 atom stereocenters. The molecule has 0 saturated carbocycles. The Labute approximate surface area is 165 Å². The van der Waals surface area contributed by atoms with Gasteiger partial charge in [0.1, 0.15) is 0 Å². The number of carbonyl (C=O) groups excluding carboxylic acids is 1. The zero-order valence-corrected chi connectivity index (χ0v) is 16.1. The number of amides is 1. The number of imidazole rings is 1. The van der Waals surface area contributed by atoms with Crippen molar-refractivity contribution in [2.24, 2.45) is 5.41 Å². The molecular weight excluding hydrogens is 350 g/mol. The van der Waals surface area contributed by atoms with Crippen LogP contribution in [0.5, 0.6) is 0 Å². The minimum Gasteiger partial charge on any atom is -0.396 e. The summed E-state index contributed by atoms with van der Waals surface area (Å²) in [6, 6.07) is 16.1. The van der Waals surface area contributed by atoms with Crippen LogP contribution >= 0.6 is 0 Å². The second kappa shape index (κ2) is 8.15. The lowest BCUT2D eigenvalue weighted by molar-refractivity contribution is 0.0303. The van der Waals surface area contributed by atoms with Crippen molar-refractivity contribution in [1.82, 2.24) is 14.9 Å². The number of fused-ring (bicyclic) bond motifs is 1. The van der Waals surface area contributed by atoms with E-state index in [0.717, 1.165) is 43.1 Å². The molecule has 28 heavy (non-hydrogen) atoms. The van der Waals surface area contributed by atoms with Crippen LogP contribution in [-0.2, 0) is 6.42 Å². The number of carbonyl (C=O) groups is 1. The fraction of sp³-hybridized carbons (Fsp3) is 0.391. The summed E-state index contributed by atoms with van der Waals surface area (Å²) < 4.78 is 0. The fourth-order valence-corrected chi connectivity index (χ4v) is 4.23. The van der Waals surface area contributed by atoms with Gasteiger partial charge in [0.2, 0.25) is 0 Å². The molecule has 4 rings (SSSR count). The van der Waals surface area contributed by atoms with E-state index >= 15 is 0 Å². The van der Waals surface area contributed by atoms with E-state index < -0.39 is 0 Å². The maximum atomic E-state index is 12.9. The van der Waals surface area contributed by atoms with Gasteiger partial charge in [-0.1, -0.05) is 30.3 Å². The SMILES string of the molecule is O=C(c1ccc2nc[nH]c2c1)N1CCC(CO)(CCCc2ccccc2)CC1. The maximum Gasteiger partial charge on any atom is 0.253 e. The smallest absolute Gasteiger partial charge is 0.253 e. The molecule has 0 spiro atoms. The number of aliphatic hydroxyl groups excluding tert-OH is 1. The Balaban J connectivity index is 1.34. The molecule has 1 amide bonds. The van der Waals surface area contributed by atoms with Crippen LogP contribution in [-0.4, -0.2) is 45.6 Å². The van der Waals surface area contributed by atoms with Crippen molar-refractivity contribution in [2.45, 2.75) is 32.1 Å². The number of nitrogens with zero attached hydrogens (tertiary/aromatic N) is 2. The van der Waals surface area contributed by atoms with Crippen LogP contribution in [0.1, 0.15) is 41.6 Å². The molecule has 5 heteroatoms. The molecule has 3 aromatic rings. The summed E-state index contributed by atoms with van der Waals surface area (Å²) in [4.78, 5) is 22.1. The normalized spacial score (nSPS) is 16.4. The van der Waals surface area contributed by atoms with E-state index in [-0.39, 0.29) is 17.9 Å². The van der Waals surface area contributed by atoms with E-state index in [9.17, 15) is 9.90 Å². The van der Waals surface area contributed by atoms with Crippen molar-refractivity contribution in [2.75, 3.05) is 19.7 Å². The summed E-state index contributed by atoms with van der Waals surface area (Å²) in [6.45, 7) is 1.60. The van der Waals surface area contributed by atoms with Crippen LogP contribution in [0.2, 0.25) is 0 Å². The molecule has 0 unspecified atom stereocenters. The average Bonchev–Trinajstić information content (AvgIpc) is 3.22.